The van der Waals surface area contributed by atoms with Gasteiger partial charge >= 0.3 is 0 Å². The normalized spacial score (nSPS) is 25.0. The molecule has 5 nitrogen and oxygen atoms in total. The van der Waals surface area contributed by atoms with Gasteiger partial charge in [0, 0.05) is 38.2 Å². The van der Waals surface area contributed by atoms with Gasteiger partial charge in [-0.25, -0.2) is 0 Å². The summed E-state index contributed by atoms with van der Waals surface area (Å²) in [6.07, 6.45) is 6.97. The molecule has 1 saturated heterocycles. The highest BCUT2D eigenvalue weighted by molar-refractivity contribution is 5.51. The van der Waals surface area contributed by atoms with Gasteiger partial charge in [0.2, 0.25) is 11.8 Å². The maximum Gasteiger partial charge on any atom is 0.247 e. The molecule has 140 valence electrons. The second kappa shape index (κ2) is 8.31. The Hall–Kier alpha value is -1.72. The highest BCUT2D eigenvalue weighted by Gasteiger charge is 2.38. The molecular formula is C21H29N3O2. The summed E-state index contributed by atoms with van der Waals surface area (Å²) in [4.78, 5) is 2.59. The van der Waals surface area contributed by atoms with Crippen molar-refractivity contribution in [2.24, 2.45) is 11.8 Å². The zero-order valence-corrected chi connectivity index (χ0v) is 15.6. The molecule has 0 unspecified atom stereocenters. The summed E-state index contributed by atoms with van der Waals surface area (Å²) in [5.41, 5.74) is 0.978. The molecule has 2 atom stereocenters. The number of benzene rings is 1. The number of aromatic nitrogens is 2. The maximum absolute atomic E-state index is 6.06. The van der Waals surface area contributed by atoms with E-state index in [2.05, 4.69) is 15.1 Å². The van der Waals surface area contributed by atoms with Gasteiger partial charge < -0.3 is 14.1 Å². The van der Waals surface area contributed by atoms with Gasteiger partial charge in [-0.2, -0.15) is 0 Å². The number of hydrogen-bond donors (Lipinski definition) is 0. The molecule has 4 rings (SSSR count). The Labute approximate surface area is 155 Å². The SMILES string of the molecule is COC[C@@H]1CN(CC2CCCCC2)C[C@H]1c1nnc(-c2ccccc2)o1. The van der Waals surface area contributed by atoms with Crippen LogP contribution in [0.2, 0.25) is 0 Å². The van der Waals surface area contributed by atoms with Crippen molar-refractivity contribution in [1.29, 1.82) is 0 Å². The molecule has 0 amide bonds. The first-order valence-corrected chi connectivity index (χ1v) is 9.93. The van der Waals surface area contributed by atoms with E-state index >= 15 is 0 Å². The van der Waals surface area contributed by atoms with Crippen LogP contribution in [-0.2, 0) is 4.74 Å². The predicted molar refractivity (Wildman–Crippen MR) is 101 cm³/mol. The van der Waals surface area contributed by atoms with Crippen LogP contribution in [0.1, 0.15) is 43.9 Å². The Balaban J connectivity index is 1.46. The Morgan fingerprint density at radius 1 is 1.08 bits per heavy atom. The number of likely N-dealkylation sites (tertiary alicyclic amines) is 1. The van der Waals surface area contributed by atoms with Crippen LogP contribution in [0.5, 0.6) is 0 Å². The fraction of sp³-hybridized carbons (Fsp3) is 0.619. The van der Waals surface area contributed by atoms with Gasteiger partial charge in [-0.05, 0) is 30.9 Å². The first kappa shape index (κ1) is 17.7. The van der Waals surface area contributed by atoms with Gasteiger partial charge in [0.15, 0.2) is 0 Å². The number of ether oxygens (including phenoxy) is 1. The molecule has 2 heterocycles. The zero-order valence-electron chi connectivity index (χ0n) is 15.6. The summed E-state index contributed by atoms with van der Waals surface area (Å²) in [5.74, 6) is 2.92. The van der Waals surface area contributed by atoms with Crippen molar-refractivity contribution in [2.45, 2.75) is 38.0 Å². The van der Waals surface area contributed by atoms with E-state index in [1.165, 1.54) is 38.6 Å². The molecule has 1 saturated carbocycles. The minimum atomic E-state index is 0.267. The zero-order chi connectivity index (χ0) is 17.8. The third kappa shape index (κ3) is 3.99. The van der Waals surface area contributed by atoms with Gasteiger partial charge in [-0.1, -0.05) is 37.5 Å². The highest BCUT2D eigenvalue weighted by atomic mass is 16.5. The average molecular weight is 355 g/mol. The number of methoxy groups -OCH3 is 1. The number of nitrogens with zero attached hydrogens (tertiary/aromatic N) is 3. The average Bonchev–Trinajstić information content (AvgIpc) is 3.31. The minimum absolute atomic E-state index is 0.267. The summed E-state index contributed by atoms with van der Waals surface area (Å²) < 4.78 is 11.6. The Morgan fingerprint density at radius 3 is 2.65 bits per heavy atom. The quantitative estimate of drug-likeness (QED) is 0.784. The van der Waals surface area contributed by atoms with E-state index in [0.717, 1.165) is 37.1 Å². The fourth-order valence-electron chi connectivity index (χ4n) is 4.59. The van der Waals surface area contributed by atoms with Gasteiger partial charge in [0.1, 0.15) is 0 Å². The van der Waals surface area contributed by atoms with E-state index in [4.69, 9.17) is 9.15 Å². The van der Waals surface area contributed by atoms with E-state index in [1.807, 2.05) is 30.3 Å². The topological polar surface area (TPSA) is 51.4 Å². The van der Waals surface area contributed by atoms with Crippen LogP contribution in [0.3, 0.4) is 0 Å². The molecule has 0 radical (unpaired) electrons. The van der Waals surface area contributed by atoms with Crippen molar-refractivity contribution in [3.05, 3.63) is 36.2 Å². The Bertz CT molecular complexity index is 682. The lowest BCUT2D eigenvalue weighted by molar-refractivity contribution is 0.141. The van der Waals surface area contributed by atoms with Gasteiger partial charge in [0.25, 0.3) is 0 Å². The highest BCUT2D eigenvalue weighted by Crippen LogP contribution is 2.35. The number of rotatable bonds is 6. The molecule has 1 aliphatic heterocycles. The summed E-state index contributed by atoms with van der Waals surface area (Å²) in [6.45, 7) is 4.02. The van der Waals surface area contributed by atoms with Crippen LogP contribution in [0.15, 0.2) is 34.7 Å². The largest absolute Gasteiger partial charge is 0.420 e. The lowest BCUT2D eigenvalue weighted by atomic mass is 9.89. The fourth-order valence-corrected chi connectivity index (χ4v) is 4.59. The van der Waals surface area contributed by atoms with Crippen LogP contribution >= 0.6 is 0 Å². The second-order valence-electron chi connectivity index (χ2n) is 7.86. The maximum atomic E-state index is 6.06. The van der Waals surface area contributed by atoms with Crippen molar-refractivity contribution < 1.29 is 9.15 Å². The summed E-state index contributed by atoms with van der Waals surface area (Å²) >= 11 is 0. The van der Waals surface area contributed by atoms with Gasteiger partial charge in [-0.15, -0.1) is 10.2 Å². The third-order valence-corrected chi connectivity index (χ3v) is 5.92. The molecule has 26 heavy (non-hydrogen) atoms. The van der Waals surface area contributed by atoms with Crippen molar-refractivity contribution in [1.82, 2.24) is 15.1 Å². The summed E-state index contributed by atoms with van der Waals surface area (Å²) in [5, 5.41) is 8.68. The van der Waals surface area contributed by atoms with Crippen LogP contribution in [-0.4, -0.2) is 48.4 Å². The molecule has 2 aliphatic rings. The third-order valence-electron chi connectivity index (χ3n) is 5.92. The van der Waals surface area contributed by atoms with Crippen molar-refractivity contribution in [3.8, 4) is 11.5 Å². The first-order chi connectivity index (χ1) is 12.8. The summed E-state index contributed by atoms with van der Waals surface area (Å²) in [7, 11) is 1.78. The molecule has 0 spiro atoms. The molecule has 1 aromatic heterocycles. The molecule has 2 fully saturated rings. The lowest BCUT2D eigenvalue weighted by Crippen LogP contribution is -2.29. The number of hydrogen-bond acceptors (Lipinski definition) is 5. The standard InChI is InChI=1S/C21H29N3O2/c1-25-15-18-13-24(12-16-8-4-2-5-9-16)14-19(18)21-23-22-20(26-21)17-10-6-3-7-11-17/h3,6-7,10-11,16,18-19H,2,4-5,8-9,12-15H2,1H3/t18-,19+/m0/s1. The molecule has 1 aliphatic carbocycles. The van der Waals surface area contributed by atoms with Crippen molar-refractivity contribution >= 4 is 0 Å². The van der Waals surface area contributed by atoms with Crippen LogP contribution in [0.4, 0.5) is 0 Å². The molecule has 0 bridgehead atoms. The van der Waals surface area contributed by atoms with E-state index in [-0.39, 0.29) is 5.92 Å². The van der Waals surface area contributed by atoms with E-state index in [1.54, 1.807) is 7.11 Å². The predicted octanol–water partition coefficient (Wildman–Crippen LogP) is 3.98. The van der Waals surface area contributed by atoms with E-state index in [0.29, 0.717) is 11.8 Å². The van der Waals surface area contributed by atoms with Gasteiger partial charge in [0.05, 0.1) is 12.5 Å². The molecule has 5 heteroatoms. The molecule has 1 aromatic carbocycles. The lowest BCUT2D eigenvalue weighted by Gasteiger charge is -2.26. The smallest absolute Gasteiger partial charge is 0.247 e. The van der Waals surface area contributed by atoms with Crippen molar-refractivity contribution in [2.75, 3.05) is 33.4 Å². The van der Waals surface area contributed by atoms with Gasteiger partial charge in [-0.3, -0.25) is 0 Å². The molecular weight excluding hydrogens is 326 g/mol. The van der Waals surface area contributed by atoms with Crippen LogP contribution in [0, 0.1) is 11.8 Å². The Morgan fingerprint density at radius 2 is 1.88 bits per heavy atom. The Kier molecular flexibility index (Phi) is 5.65. The van der Waals surface area contributed by atoms with Crippen LogP contribution < -0.4 is 0 Å². The first-order valence-electron chi connectivity index (χ1n) is 9.93. The van der Waals surface area contributed by atoms with E-state index < -0.39 is 0 Å². The van der Waals surface area contributed by atoms with Crippen molar-refractivity contribution in [3.63, 3.8) is 0 Å². The summed E-state index contributed by atoms with van der Waals surface area (Å²) in [6, 6.07) is 10.0. The molecule has 0 N–H and O–H groups in total. The van der Waals surface area contributed by atoms with E-state index in [9.17, 15) is 0 Å². The monoisotopic (exact) mass is 355 g/mol. The second-order valence-corrected chi connectivity index (χ2v) is 7.86. The van der Waals surface area contributed by atoms with Crippen LogP contribution in [0.25, 0.3) is 11.5 Å². The minimum Gasteiger partial charge on any atom is -0.420 e. The molecule has 2 aromatic rings.